The highest BCUT2D eigenvalue weighted by atomic mass is 16.5. The number of methoxy groups -OCH3 is 1. The lowest BCUT2D eigenvalue weighted by molar-refractivity contribution is 0.178. The van der Waals surface area contributed by atoms with Crippen LogP contribution in [0, 0.1) is 5.92 Å². The number of H-pyrrole nitrogens is 1. The monoisotopic (exact) mass is 184 g/mol. The lowest BCUT2D eigenvalue weighted by Gasteiger charge is -2.10. The summed E-state index contributed by atoms with van der Waals surface area (Å²) in [7, 11) is 1.62. The maximum absolute atomic E-state index is 5.86. The van der Waals surface area contributed by atoms with Crippen molar-refractivity contribution in [2.24, 2.45) is 11.7 Å². The zero-order valence-electron chi connectivity index (χ0n) is 8.24. The first-order valence-corrected chi connectivity index (χ1v) is 4.30. The first-order chi connectivity index (χ1) is 6.15. The molecule has 1 atom stereocenters. The number of aromatic amines is 1. The summed E-state index contributed by atoms with van der Waals surface area (Å²) < 4.78 is 4.91. The molecule has 1 aromatic heterocycles. The third kappa shape index (κ3) is 2.50. The topological polar surface area (TPSA) is 76.8 Å². The van der Waals surface area contributed by atoms with Gasteiger partial charge in [0.05, 0.1) is 6.04 Å². The molecule has 1 aromatic rings. The lowest BCUT2D eigenvalue weighted by atomic mass is 10.1. The standard InChI is InChI=1S/C8H16N4O/c1-5(2)7(9)8-10-6(4-13-3)11-12-8/h5,7H,4,9H2,1-3H3,(H,10,11,12)/t7-/m1/s1. The fraction of sp³-hybridized carbons (Fsp3) is 0.750. The van der Waals surface area contributed by atoms with Crippen LogP contribution in [0.25, 0.3) is 0 Å². The van der Waals surface area contributed by atoms with Crippen molar-refractivity contribution >= 4 is 0 Å². The van der Waals surface area contributed by atoms with Gasteiger partial charge in [0.15, 0.2) is 11.6 Å². The van der Waals surface area contributed by atoms with Crippen LogP contribution in [0.4, 0.5) is 0 Å². The summed E-state index contributed by atoms with van der Waals surface area (Å²) >= 11 is 0. The van der Waals surface area contributed by atoms with Crippen LogP contribution in [-0.4, -0.2) is 22.3 Å². The Balaban J connectivity index is 2.67. The first-order valence-electron chi connectivity index (χ1n) is 4.30. The highest BCUT2D eigenvalue weighted by molar-refractivity contribution is 4.95. The molecule has 0 saturated heterocycles. The number of hydrogen-bond donors (Lipinski definition) is 2. The third-order valence-corrected chi connectivity index (χ3v) is 1.85. The number of nitrogens with one attached hydrogen (secondary N) is 1. The van der Waals surface area contributed by atoms with Crippen LogP contribution in [0.15, 0.2) is 0 Å². The molecule has 13 heavy (non-hydrogen) atoms. The van der Waals surface area contributed by atoms with Crippen molar-refractivity contribution in [1.82, 2.24) is 15.2 Å². The Morgan fingerprint density at radius 2 is 2.23 bits per heavy atom. The summed E-state index contributed by atoms with van der Waals surface area (Å²) in [6.45, 7) is 4.52. The Bertz CT molecular complexity index is 258. The molecule has 0 aliphatic carbocycles. The number of hydrogen-bond acceptors (Lipinski definition) is 4. The van der Waals surface area contributed by atoms with Crippen molar-refractivity contribution in [3.05, 3.63) is 11.6 Å². The van der Waals surface area contributed by atoms with Crippen molar-refractivity contribution < 1.29 is 4.74 Å². The molecular weight excluding hydrogens is 168 g/mol. The predicted molar refractivity (Wildman–Crippen MR) is 48.9 cm³/mol. The molecule has 3 N–H and O–H groups in total. The van der Waals surface area contributed by atoms with E-state index < -0.39 is 0 Å². The molecular formula is C8H16N4O. The van der Waals surface area contributed by atoms with Crippen molar-refractivity contribution in [3.8, 4) is 0 Å². The van der Waals surface area contributed by atoms with Gasteiger partial charge in [-0.25, -0.2) is 4.98 Å². The van der Waals surface area contributed by atoms with Crippen LogP contribution in [-0.2, 0) is 11.3 Å². The van der Waals surface area contributed by atoms with Gasteiger partial charge >= 0.3 is 0 Å². The SMILES string of the molecule is COCc1nc([C@H](N)C(C)C)n[nH]1. The van der Waals surface area contributed by atoms with Gasteiger partial charge in [0, 0.05) is 7.11 Å². The van der Waals surface area contributed by atoms with Crippen molar-refractivity contribution in [2.75, 3.05) is 7.11 Å². The van der Waals surface area contributed by atoms with Crippen LogP contribution >= 0.6 is 0 Å². The van der Waals surface area contributed by atoms with Crippen LogP contribution in [0.3, 0.4) is 0 Å². The second kappa shape index (κ2) is 4.34. The molecule has 0 aromatic carbocycles. The normalized spacial score (nSPS) is 13.6. The fourth-order valence-corrected chi connectivity index (χ4v) is 0.959. The van der Waals surface area contributed by atoms with Gasteiger partial charge in [-0.1, -0.05) is 13.8 Å². The van der Waals surface area contributed by atoms with E-state index in [4.69, 9.17) is 10.5 Å². The molecule has 74 valence electrons. The number of nitrogens with two attached hydrogens (primary N) is 1. The van der Waals surface area contributed by atoms with Crippen molar-refractivity contribution in [1.29, 1.82) is 0 Å². The summed E-state index contributed by atoms with van der Waals surface area (Å²) in [4.78, 5) is 4.20. The van der Waals surface area contributed by atoms with E-state index in [1.54, 1.807) is 7.11 Å². The molecule has 1 heterocycles. The van der Waals surface area contributed by atoms with Crippen LogP contribution in [0.5, 0.6) is 0 Å². The van der Waals surface area contributed by atoms with Gasteiger partial charge in [-0.3, -0.25) is 5.10 Å². The Hall–Kier alpha value is -0.940. The Kier molecular flexibility index (Phi) is 3.39. The molecule has 0 aliphatic heterocycles. The smallest absolute Gasteiger partial charge is 0.167 e. The summed E-state index contributed by atoms with van der Waals surface area (Å²) in [5.41, 5.74) is 5.86. The number of aromatic nitrogens is 3. The van der Waals surface area contributed by atoms with E-state index in [1.165, 1.54) is 0 Å². The van der Waals surface area contributed by atoms with Gasteiger partial charge in [0.1, 0.15) is 6.61 Å². The molecule has 0 bridgehead atoms. The van der Waals surface area contributed by atoms with E-state index in [1.807, 2.05) is 13.8 Å². The highest BCUT2D eigenvalue weighted by Gasteiger charge is 2.15. The fourth-order valence-electron chi connectivity index (χ4n) is 0.959. The highest BCUT2D eigenvalue weighted by Crippen LogP contribution is 2.14. The summed E-state index contributed by atoms with van der Waals surface area (Å²) in [5, 5.41) is 6.79. The van der Waals surface area contributed by atoms with Gasteiger partial charge in [-0.05, 0) is 5.92 Å². The first kappa shape index (κ1) is 10.1. The zero-order chi connectivity index (χ0) is 9.84. The molecule has 0 aliphatic rings. The Morgan fingerprint density at radius 3 is 2.77 bits per heavy atom. The summed E-state index contributed by atoms with van der Waals surface area (Å²) in [6, 6.07) is -0.109. The molecule has 0 unspecified atom stereocenters. The third-order valence-electron chi connectivity index (χ3n) is 1.85. The lowest BCUT2D eigenvalue weighted by Crippen LogP contribution is -2.18. The largest absolute Gasteiger partial charge is 0.377 e. The van der Waals surface area contributed by atoms with Gasteiger partial charge in [-0.15, -0.1) is 0 Å². The predicted octanol–water partition coefficient (Wildman–Crippen LogP) is 0.607. The van der Waals surface area contributed by atoms with Gasteiger partial charge < -0.3 is 10.5 Å². The van der Waals surface area contributed by atoms with E-state index in [0.717, 1.165) is 0 Å². The van der Waals surface area contributed by atoms with E-state index in [9.17, 15) is 0 Å². The average molecular weight is 184 g/mol. The molecule has 0 spiro atoms. The molecule has 0 saturated carbocycles. The van der Waals surface area contributed by atoms with Crippen molar-refractivity contribution in [2.45, 2.75) is 26.5 Å². The van der Waals surface area contributed by atoms with Crippen molar-refractivity contribution in [3.63, 3.8) is 0 Å². The number of ether oxygens (including phenoxy) is 1. The minimum absolute atomic E-state index is 0.109. The van der Waals surface area contributed by atoms with Gasteiger partial charge in [0.2, 0.25) is 0 Å². The number of rotatable bonds is 4. The number of nitrogens with zero attached hydrogens (tertiary/aromatic N) is 2. The maximum atomic E-state index is 5.86. The van der Waals surface area contributed by atoms with Crippen LogP contribution in [0.1, 0.15) is 31.5 Å². The zero-order valence-corrected chi connectivity index (χ0v) is 8.24. The Labute approximate surface area is 77.7 Å². The molecule has 0 fully saturated rings. The van der Waals surface area contributed by atoms with Crippen LogP contribution < -0.4 is 5.73 Å². The second-order valence-electron chi connectivity index (χ2n) is 3.34. The molecule has 0 radical (unpaired) electrons. The van der Waals surface area contributed by atoms with E-state index >= 15 is 0 Å². The minimum atomic E-state index is -0.109. The maximum Gasteiger partial charge on any atom is 0.167 e. The van der Waals surface area contributed by atoms with Gasteiger partial charge in [0.25, 0.3) is 0 Å². The molecule has 1 rings (SSSR count). The molecule has 0 amide bonds. The van der Waals surface area contributed by atoms with E-state index in [2.05, 4.69) is 15.2 Å². The van der Waals surface area contributed by atoms with Crippen LogP contribution in [0.2, 0.25) is 0 Å². The quantitative estimate of drug-likeness (QED) is 0.718. The second-order valence-corrected chi connectivity index (χ2v) is 3.34. The summed E-state index contributed by atoms with van der Waals surface area (Å²) in [5.74, 6) is 1.71. The average Bonchev–Trinajstić information content (AvgIpc) is 2.52. The summed E-state index contributed by atoms with van der Waals surface area (Å²) in [6.07, 6.45) is 0. The minimum Gasteiger partial charge on any atom is -0.377 e. The van der Waals surface area contributed by atoms with E-state index in [-0.39, 0.29) is 6.04 Å². The van der Waals surface area contributed by atoms with Gasteiger partial charge in [-0.2, -0.15) is 5.10 Å². The van der Waals surface area contributed by atoms with E-state index in [0.29, 0.717) is 24.2 Å². The molecule has 5 nitrogen and oxygen atoms in total. The Morgan fingerprint density at radius 1 is 1.54 bits per heavy atom. The molecule has 5 heteroatoms.